The smallest absolute Gasteiger partial charge is 0.332 e. The maximum absolute atomic E-state index is 13.0. The highest BCUT2D eigenvalue weighted by Gasteiger charge is 2.21. The molecule has 0 spiro atoms. The SMILES string of the molecule is C=C(F)/C=C(\C)Cn1c(N2CCC[C@@H](N)C2)cc(=O)n(C)c1=O. The Morgan fingerprint density at radius 3 is 2.83 bits per heavy atom. The minimum atomic E-state index is -0.568. The second kappa shape index (κ2) is 6.95. The fourth-order valence-electron chi connectivity index (χ4n) is 2.85. The van der Waals surface area contributed by atoms with Crippen molar-refractivity contribution in [1.82, 2.24) is 9.13 Å². The lowest BCUT2D eigenvalue weighted by molar-refractivity contribution is 0.491. The van der Waals surface area contributed by atoms with Crippen LogP contribution in [0.4, 0.5) is 10.2 Å². The number of piperidine rings is 1. The monoisotopic (exact) mass is 322 g/mol. The molecule has 0 aromatic carbocycles. The number of hydrogen-bond acceptors (Lipinski definition) is 4. The second-order valence-electron chi connectivity index (χ2n) is 6.05. The largest absolute Gasteiger partial charge is 0.356 e. The van der Waals surface area contributed by atoms with Crippen LogP contribution in [-0.2, 0) is 13.6 Å². The first-order valence-corrected chi connectivity index (χ1v) is 7.62. The molecule has 23 heavy (non-hydrogen) atoms. The van der Waals surface area contributed by atoms with Crippen LogP contribution >= 0.6 is 0 Å². The molecule has 2 rings (SSSR count). The van der Waals surface area contributed by atoms with Crippen LogP contribution in [0.15, 0.2) is 39.7 Å². The molecule has 1 aliphatic rings. The number of rotatable bonds is 4. The number of halogens is 1. The molecule has 0 aliphatic carbocycles. The molecule has 6 nitrogen and oxygen atoms in total. The Balaban J connectivity index is 2.50. The van der Waals surface area contributed by atoms with Gasteiger partial charge in [-0.05, 0) is 25.8 Å². The molecule has 1 saturated heterocycles. The summed E-state index contributed by atoms with van der Waals surface area (Å²) in [6.45, 7) is 6.43. The molecule has 1 aromatic rings. The van der Waals surface area contributed by atoms with Crippen molar-refractivity contribution in [2.75, 3.05) is 18.0 Å². The van der Waals surface area contributed by atoms with Crippen molar-refractivity contribution in [2.45, 2.75) is 32.4 Å². The number of nitrogens with two attached hydrogens (primary N) is 1. The summed E-state index contributed by atoms with van der Waals surface area (Å²) in [6.07, 6.45) is 3.11. The third kappa shape index (κ3) is 3.98. The van der Waals surface area contributed by atoms with E-state index in [1.165, 1.54) is 23.8 Å². The first-order valence-electron chi connectivity index (χ1n) is 7.62. The maximum Gasteiger partial charge on any atom is 0.332 e. The summed E-state index contributed by atoms with van der Waals surface area (Å²) in [5.74, 6) is -0.0348. The molecule has 2 heterocycles. The van der Waals surface area contributed by atoms with Crippen molar-refractivity contribution in [3.05, 3.63) is 51.0 Å². The number of allylic oxidation sites excluding steroid dienone is 3. The lowest BCUT2D eigenvalue weighted by atomic mass is 10.1. The molecule has 1 atom stereocenters. The lowest BCUT2D eigenvalue weighted by Crippen LogP contribution is -2.47. The Morgan fingerprint density at radius 1 is 1.52 bits per heavy atom. The van der Waals surface area contributed by atoms with Crippen LogP contribution in [0.1, 0.15) is 19.8 Å². The lowest BCUT2D eigenvalue weighted by Gasteiger charge is -2.34. The second-order valence-corrected chi connectivity index (χ2v) is 6.05. The summed E-state index contributed by atoms with van der Waals surface area (Å²) in [4.78, 5) is 26.4. The van der Waals surface area contributed by atoms with Gasteiger partial charge in [0.2, 0.25) is 0 Å². The van der Waals surface area contributed by atoms with Gasteiger partial charge in [0.1, 0.15) is 11.6 Å². The van der Waals surface area contributed by atoms with Gasteiger partial charge in [-0.1, -0.05) is 12.2 Å². The molecule has 0 radical (unpaired) electrons. The van der Waals surface area contributed by atoms with E-state index in [0.717, 1.165) is 24.0 Å². The molecule has 1 aromatic heterocycles. The maximum atomic E-state index is 13.0. The van der Waals surface area contributed by atoms with Crippen LogP contribution in [0.25, 0.3) is 0 Å². The number of aromatic nitrogens is 2. The Bertz CT molecular complexity index is 747. The molecule has 1 fully saturated rings. The van der Waals surface area contributed by atoms with Crippen LogP contribution in [0.5, 0.6) is 0 Å². The molecule has 2 N–H and O–H groups in total. The topological polar surface area (TPSA) is 73.3 Å². The van der Waals surface area contributed by atoms with Gasteiger partial charge < -0.3 is 10.6 Å². The number of nitrogens with zero attached hydrogens (tertiary/aromatic N) is 3. The van der Waals surface area contributed by atoms with Crippen molar-refractivity contribution >= 4 is 5.82 Å². The average Bonchev–Trinajstić information content (AvgIpc) is 2.47. The molecule has 7 heteroatoms. The Labute approximate surface area is 134 Å². The predicted octanol–water partition coefficient (Wildman–Crippen LogP) is 0.904. The highest BCUT2D eigenvalue weighted by molar-refractivity contribution is 5.40. The molecule has 0 bridgehead atoms. The third-order valence-electron chi connectivity index (χ3n) is 3.97. The van der Waals surface area contributed by atoms with Crippen molar-refractivity contribution in [3.63, 3.8) is 0 Å². The van der Waals surface area contributed by atoms with E-state index < -0.39 is 11.5 Å². The molecule has 1 aliphatic heterocycles. The summed E-state index contributed by atoms with van der Waals surface area (Å²) in [5.41, 5.74) is 5.85. The van der Waals surface area contributed by atoms with Gasteiger partial charge in [0, 0.05) is 32.2 Å². The van der Waals surface area contributed by atoms with E-state index in [4.69, 9.17) is 5.73 Å². The summed E-state index contributed by atoms with van der Waals surface area (Å²) < 4.78 is 15.5. The van der Waals surface area contributed by atoms with Gasteiger partial charge in [0.25, 0.3) is 5.56 Å². The predicted molar refractivity (Wildman–Crippen MR) is 89.4 cm³/mol. The summed E-state index contributed by atoms with van der Waals surface area (Å²) >= 11 is 0. The zero-order valence-electron chi connectivity index (χ0n) is 13.6. The van der Waals surface area contributed by atoms with E-state index in [0.29, 0.717) is 17.9 Å². The van der Waals surface area contributed by atoms with Gasteiger partial charge in [0.15, 0.2) is 0 Å². The average molecular weight is 322 g/mol. The van der Waals surface area contributed by atoms with Gasteiger partial charge in [0.05, 0.1) is 6.54 Å². The first kappa shape index (κ1) is 17.2. The van der Waals surface area contributed by atoms with Crippen LogP contribution in [0, 0.1) is 0 Å². The highest BCUT2D eigenvalue weighted by Crippen LogP contribution is 2.18. The van der Waals surface area contributed by atoms with Gasteiger partial charge >= 0.3 is 5.69 Å². The zero-order valence-corrected chi connectivity index (χ0v) is 13.6. The van der Waals surface area contributed by atoms with E-state index in [9.17, 15) is 14.0 Å². The number of hydrogen-bond donors (Lipinski definition) is 1. The Kier molecular flexibility index (Phi) is 5.20. The fourth-order valence-corrected chi connectivity index (χ4v) is 2.85. The highest BCUT2D eigenvalue weighted by atomic mass is 19.1. The summed E-state index contributed by atoms with van der Waals surface area (Å²) in [5, 5.41) is 0. The van der Waals surface area contributed by atoms with Crippen molar-refractivity contribution in [3.8, 4) is 0 Å². The van der Waals surface area contributed by atoms with Gasteiger partial charge in [-0.15, -0.1) is 0 Å². The van der Waals surface area contributed by atoms with E-state index in [1.54, 1.807) is 6.92 Å². The molecule has 0 amide bonds. The Hall–Kier alpha value is -2.15. The van der Waals surface area contributed by atoms with Gasteiger partial charge in [-0.25, -0.2) is 9.18 Å². The van der Waals surface area contributed by atoms with E-state index in [-0.39, 0.29) is 18.1 Å². The molecular formula is C16H23FN4O2. The van der Waals surface area contributed by atoms with E-state index in [1.807, 2.05) is 4.90 Å². The van der Waals surface area contributed by atoms with Crippen LogP contribution in [0.3, 0.4) is 0 Å². The first-order chi connectivity index (χ1) is 10.8. The normalized spacial score (nSPS) is 19.0. The van der Waals surface area contributed by atoms with Crippen LogP contribution < -0.4 is 21.9 Å². The van der Waals surface area contributed by atoms with E-state index in [2.05, 4.69) is 6.58 Å². The fraction of sp³-hybridized carbons (Fsp3) is 0.500. The molecular weight excluding hydrogens is 299 g/mol. The van der Waals surface area contributed by atoms with E-state index >= 15 is 0 Å². The summed E-state index contributed by atoms with van der Waals surface area (Å²) in [7, 11) is 1.43. The third-order valence-corrected chi connectivity index (χ3v) is 3.97. The van der Waals surface area contributed by atoms with Crippen LogP contribution in [0.2, 0.25) is 0 Å². The molecule has 126 valence electrons. The van der Waals surface area contributed by atoms with Crippen molar-refractivity contribution < 1.29 is 4.39 Å². The standard InChI is InChI=1S/C16H23FN4O2/c1-11(7-12(2)17)9-21-14(8-15(22)19(3)16(21)23)20-6-4-5-13(18)10-20/h7-8,13H,2,4-6,9-10,18H2,1,3H3/b11-7+/t13-/m1/s1. The Morgan fingerprint density at radius 2 is 2.22 bits per heavy atom. The molecule has 0 saturated carbocycles. The molecule has 0 unspecified atom stereocenters. The van der Waals surface area contributed by atoms with Crippen molar-refractivity contribution in [2.24, 2.45) is 12.8 Å². The quantitative estimate of drug-likeness (QED) is 0.836. The number of anilines is 1. The summed E-state index contributed by atoms with van der Waals surface area (Å²) in [6, 6.07) is 1.45. The van der Waals surface area contributed by atoms with Gasteiger partial charge in [-0.3, -0.25) is 13.9 Å². The van der Waals surface area contributed by atoms with Gasteiger partial charge in [-0.2, -0.15) is 0 Å². The van der Waals surface area contributed by atoms with Crippen molar-refractivity contribution in [1.29, 1.82) is 0 Å². The van der Waals surface area contributed by atoms with Crippen LogP contribution in [-0.4, -0.2) is 28.3 Å². The zero-order chi connectivity index (χ0) is 17.1. The minimum absolute atomic E-state index is 0.0126. The minimum Gasteiger partial charge on any atom is -0.356 e.